The van der Waals surface area contributed by atoms with Crippen molar-refractivity contribution >= 4 is 0 Å². The summed E-state index contributed by atoms with van der Waals surface area (Å²) in [5.74, 6) is 0. The van der Waals surface area contributed by atoms with Crippen LogP contribution in [0.1, 0.15) is 51.4 Å². The maximum atomic E-state index is 2.27. The van der Waals surface area contributed by atoms with Crippen LogP contribution in [0.2, 0.25) is 0 Å². The zero-order valence-electron chi connectivity index (χ0n) is 10.6. The van der Waals surface area contributed by atoms with Gasteiger partial charge in [-0.2, -0.15) is 0 Å². The van der Waals surface area contributed by atoms with Crippen LogP contribution < -0.4 is 0 Å². The van der Waals surface area contributed by atoms with Crippen molar-refractivity contribution in [1.82, 2.24) is 0 Å². The quantitative estimate of drug-likeness (QED) is 0.418. The maximum Gasteiger partial charge on any atom is 0 e. The van der Waals surface area contributed by atoms with E-state index in [1.54, 1.807) is 0 Å². The molecular formula is C16H24Ru. The fourth-order valence-corrected chi connectivity index (χ4v) is 1.71. The van der Waals surface area contributed by atoms with Gasteiger partial charge in [0, 0.05) is 19.5 Å². The van der Waals surface area contributed by atoms with Gasteiger partial charge in [0.05, 0.1) is 0 Å². The van der Waals surface area contributed by atoms with Gasteiger partial charge in [-0.15, -0.1) is 0 Å². The van der Waals surface area contributed by atoms with E-state index in [0.717, 1.165) is 0 Å². The molecule has 96 valence electrons. The van der Waals surface area contributed by atoms with E-state index in [-0.39, 0.29) is 19.5 Å². The molecule has 17 heavy (non-hydrogen) atoms. The van der Waals surface area contributed by atoms with E-state index in [2.05, 4.69) is 48.6 Å². The third kappa shape index (κ3) is 11.8. The van der Waals surface area contributed by atoms with Gasteiger partial charge in [0.15, 0.2) is 0 Å². The zero-order valence-corrected chi connectivity index (χ0v) is 12.4. The standard InChI is InChI=1S/2C8H12.Ru/c2*1-2-4-6-8-7-5-3-1;/h2*1-2,7-8H,3-6H2;. The average molecular weight is 317 g/mol. The minimum Gasteiger partial charge on any atom is -0.0882 e. The van der Waals surface area contributed by atoms with Crippen LogP contribution in [-0.4, -0.2) is 0 Å². The predicted molar refractivity (Wildman–Crippen MR) is 73.5 cm³/mol. The topological polar surface area (TPSA) is 0 Å². The van der Waals surface area contributed by atoms with Crippen molar-refractivity contribution in [3.05, 3.63) is 48.6 Å². The van der Waals surface area contributed by atoms with Crippen molar-refractivity contribution in [3.63, 3.8) is 0 Å². The average Bonchev–Trinajstić information content (AvgIpc) is 2.15. The smallest absolute Gasteiger partial charge is 0 e. The molecule has 0 saturated heterocycles. The normalized spacial score (nSPS) is 18.8. The first-order valence-corrected chi connectivity index (χ1v) is 6.60. The van der Waals surface area contributed by atoms with Gasteiger partial charge in [0.2, 0.25) is 0 Å². The first kappa shape index (κ1) is 16.6. The zero-order chi connectivity index (χ0) is 11.3. The van der Waals surface area contributed by atoms with Gasteiger partial charge in [-0.25, -0.2) is 0 Å². The summed E-state index contributed by atoms with van der Waals surface area (Å²) in [4.78, 5) is 0. The molecule has 1 heteroatoms. The molecule has 0 atom stereocenters. The van der Waals surface area contributed by atoms with Crippen molar-refractivity contribution in [2.24, 2.45) is 0 Å². The minimum atomic E-state index is 0. The largest absolute Gasteiger partial charge is 0.0882 e. The molecule has 0 aromatic carbocycles. The first-order valence-electron chi connectivity index (χ1n) is 6.60. The molecule has 0 bridgehead atoms. The van der Waals surface area contributed by atoms with Crippen LogP contribution in [0.5, 0.6) is 0 Å². The van der Waals surface area contributed by atoms with E-state index in [9.17, 15) is 0 Å². The van der Waals surface area contributed by atoms with Gasteiger partial charge in [-0.1, -0.05) is 48.6 Å². The molecule has 0 aromatic heterocycles. The van der Waals surface area contributed by atoms with Crippen molar-refractivity contribution in [3.8, 4) is 0 Å². The molecule has 0 aromatic rings. The maximum absolute atomic E-state index is 2.27. The van der Waals surface area contributed by atoms with Crippen molar-refractivity contribution in [2.45, 2.75) is 51.4 Å². The van der Waals surface area contributed by atoms with Gasteiger partial charge in [-0.3, -0.25) is 0 Å². The van der Waals surface area contributed by atoms with Gasteiger partial charge < -0.3 is 0 Å². The fourth-order valence-electron chi connectivity index (χ4n) is 1.71. The van der Waals surface area contributed by atoms with Crippen LogP contribution in [0.25, 0.3) is 0 Å². The molecule has 0 unspecified atom stereocenters. The second-order valence-corrected chi connectivity index (χ2v) is 4.20. The predicted octanol–water partition coefficient (Wildman–Crippen LogP) is 5.34. The van der Waals surface area contributed by atoms with Gasteiger partial charge in [0.25, 0.3) is 0 Å². The van der Waals surface area contributed by atoms with E-state index < -0.39 is 0 Å². The molecule has 0 spiro atoms. The summed E-state index contributed by atoms with van der Waals surface area (Å²) < 4.78 is 0. The Labute approximate surface area is 119 Å². The molecule has 2 aliphatic rings. The SMILES string of the molecule is C1=CCCC=CCC1.C1=CCCC=CCC1.[Ru]. The fraction of sp³-hybridized carbons (Fsp3) is 0.500. The molecule has 0 N–H and O–H groups in total. The van der Waals surface area contributed by atoms with Crippen LogP contribution >= 0.6 is 0 Å². The molecule has 0 nitrogen and oxygen atoms in total. The molecule has 0 fully saturated rings. The summed E-state index contributed by atoms with van der Waals surface area (Å²) in [5, 5.41) is 0. The molecule has 0 amide bonds. The van der Waals surface area contributed by atoms with E-state index >= 15 is 0 Å². The van der Waals surface area contributed by atoms with Crippen LogP contribution in [-0.2, 0) is 19.5 Å². The molecule has 2 rings (SSSR count). The van der Waals surface area contributed by atoms with E-state index in [4.69, 9.17) is 0 Å². The minimum absolute atomic E-state index is 0. The van der Waals surface area contributed by atoms with E-state index in [1.807, 2.05) is 0 Å². The third-order valence-corrected chi connectivity index (χ3v) is 2.67. The summed E-state index contributed by atoms with van der Waals surface area (Å²) in [5.41, 5.74) is 0. The molecular weight excluding hydrogens is 293 g/mol. The van der Waals surface area contributed by atoms with Crippen molar-refractivity contribution in [1.29, 1.82) is 0 Å². The third-order valence-electron chi connectivity index (χ3n) is 2.67. The van der Waals surface area contributed by atoms with Gasteiger partial charge in [-0.05, 0) is 51.4 Å². The van der Waals surface area contributed by atoms with Crippen LogP contribution in [0.3, 0.4) is 0 Å². The number of hydrogen-bond acceptors (Lipinski definition) is 0. The second-order valence-electron chi connectivity index (χ2n) is 4.20. The molecule has 0 heterocycles. The monoisotopic (exact) mass is 318 g/mol. The number of allylic oxidation sites excluding steroid dienone is 8. The van der Waals surface area contributed by atoms with Gasteiger partial charge >= 0.3 is 0 Å². The Morgan fingerprint density at radius 2 is 0.412 bits per heavy atom. The number of rotatable bonds is 0. The molecule has 0 aliphatic heterocycles. The van der Waals surface area contributed by atoms with E-state index in [1.165, 1.54) is 51.4 Å². The van der Waals surface area contributed by atoms with Crippen LogP contribution in [0.4, 0.5) is 0 Å². The summed E-state index contributed by atoms with van der Waals surface area (Å²) in [6, 6.07) is 0. The summed E-state index contributed by atoms with van der Waals surface area (Å²) >= 11 is 0. The Hall–Kier alpha value is -0.417. The van der Waals surface area contributed by atoms with Crippen LogP contribution in [0.15, 0.2) is 48.6 Å². The van der Waals surface area contributed by atoms with Crippen molar-refractivity contribution < 1.29 is 19.5 Å². The number of hydrogen-bond donors (Lipinski definition) is 0. The molecule has 0 saturated carbocycles. The van der Waals surface area contributed by atoms with Gasteiger partial charge in [0.1, 0.15) is 0 Å². The molecule has 0 radical (unpaired) electrons. The summed E-state index contributed by atoms with van der Waals surface area (Å²) in [6.07, 6.45) is 28.0. The Morgan fingerprint density at radius 1 is 0.294 bits per heavy atom. The summed E-state index contributed by atoms with van der Waals surface area (Å²) in [7, 11) is 0. The van der Waals surface area contributed by atoms with Crippen LogP contribution in [0, 0.1) is 0 Å². The van der Waals surface area contributed by atoms with E-state index in [0.29, 0.717) is 0 Å². The first-order chi connectivity index (χ1) is 8.00. The Kier molecular flexibility index (Phi) is 13.3. The Balaban J connectivity index is 0.000000284. The Bertz CT molecular complexity index is 179. The molecule has 2 aliphatic carbocycles. The van der Waals surface area contributed by atoms with Crippen molar-refractivity contribution in [2.75, 3.05) is 0 Å². The second kappa shape index (κ2) is 13.6. The Morgan fingerprint density at radius 3 is 0.529 bits per heavy atom. The summed E-state index contributed by atoms with van der Waals surface area (Å²) in [6.45, 7) is 0.